The van der Waals surface area contributed by atoms with Crippen LogP contribution in [-0.4, -0.2) is 96.9 Å². The highest BCUT2D eigenvalue weighted by Gasteiger charge is 2.44. The van der Waals surface area contributed by atoms with Gasteiger partial charge in [-0.25, -0.2) is 0 Å². The number of hydrogen-bond donors (Lipinski definition) is 2. The number of nitrogens with zero attached hydrogens (tertiary/aromatic N) is 4. The number of nitrogens with one attached hydrogen (secondary N) is 2. The standard InChI is InChI=1S/C39H39ClN6O7/c40-33-22-30(8-3-25(33)23-41)53-28-9-4-26(5-10-28)42-36(48)24-1-6-27(7-2-24)45-17-15-44(16-18-45)19-20-52-29-11-12-31-32(21-29)39(51)46(38(31)50)34-13-14-35(47)43-37(34)49/h1-3,6-8,11-12,21-22,26,28,34H,4-5,9-10,13-20H2,(H,42,48)(H,43,47,49). The van der Waals surface area contributed by atoms with Crippen molar-refractivity contribution in [1.82, 2.24) is 20.4 Å². The van der Waals surface area contributed by atoms with Crippen molar-refractivity contribution in [3.05, 3.63) is 87.9 Å². The Morgan fingerprint density at radius 2 is 1.58 bits per heavy atom. The number of halogens is 1. The van der Waals surface area contributed by atoms with E-state index in [1.54, 1.807) is 36.4 Å². The van der Waals surface area contributed by atoms with Crippen molar-refractivity contribution < 1.29 is 33.4 Å². The van der Waals surface area contributed by atoms with Crippen molar-refractivity contribution in [1.29, 1.82) is 5.26 Å². The van der Waals surface area contributed by atoms with Crippen molar-refractivity contribution in [2.24, 2.45) is 0 Å². The number of carbonyl (C=O) groups excluding carboxylic acids is 5. The molecule has 2 N–H and O–H groups in total. The van der Waals surface area contributed by atoms with Crippen LogP contribution in [0.3, 0.4) is 0 Å². The molecule has 4 aliphatic rings. The third kappa shape index (κ3) is 7.99. The van der Waals surface area contributed by atoms with Crippen LogP contribution in [0.1, 0.15) is 75.2 Å². The molecule has 1 unspecified atom stereocenters. The Balaban J connectivity index is 0.822. The van der Waals surface area contributed by atoms with E-state index in [-0.39, 0.29) is 42.0 Å². The number of piperazine rings is 1. The molecule has 1 aliphatic carbocycles. The third-order valence-corrected chi connectivity index (χ3v) is 10.6. The lowest BCUT2D eigenvalue weighted by Crippen LogP contribution is -2.54. The maximum absolute atomic E-state index is 13.1. The second-order valence-electron chi connectivity index (χ2n) is 13.7. The van der Waals surface area contributed by atoms with E-state index in [4.69, 9.17) is 26.3 Å². The average Bonchev–Trinajstić information content (AvgIpc) is 3.41. The number of nitriles is 1. The highest BCUT2D eigenvalue weighted by Crippen LogP contribution is 2.31. The zero-order chi connectivity index (χ0) is 37.1. The lowest BCUT2D eigenvalue weighted by atomic mass is 9.92. The lowest BCUT2D eigenvalue weighted by molar-refractivity contribution is -0.136. The Morgan fingerprint density at radius 3 is 2.28 bits per heavy atom. The summed E-state index contributed by atoms with van der Waals surface area (Å²) in [6, 6.07) is 18.7. The van der Waals surface area contributed by atoms with Gasteiger partial charge in [0.2, 0.25) is 11.8 Å². The van der Waals surface area contributed by atoms with Gasteiger partial charge >= 0.3 is 0 Å². The fourth-order valence-corrected chi connectivity index (χ4v) is 7.54. The lowest BCUT2D eigenvalue weighted by Gasteiger charge is -2.36. The van der Waals surface area contributed by atoms with Crippen LogP contribution in [0.2, 0.25) is 5.02 Å². The van der Waals surface area contributed by atoms with Gasteiger partial charge in [-0.05, 0) is 86.7 Å². The summed E-state index contributed by atoms with van der Waals surface area (Å²) < 4.78 is 12.0. The minimum absolute atomic E-state index is 0.0331. The molecule has 3 heterocycles. The maximum Gasteiger partial charge on any atom is 0.262 e. The SMILES string of the molecule is N#Cc1ccc(OC2CCC(NC(=O)c3ccc(N4CCN(CCOc5ccc6c(c5)C(=O)N(C5CCC(=O)NC5=O)C6=O)CC4)cc3)CC2)cc1Cl. The van der Waals surface area contributed by atoms with Crippen molar-refractivity contribution in [2.45, 2.75) is 56.7 Å². The highest BCUT2D eigenvalue weighted by atomic mass is 35.5. The zero-order valence-corrected chi connectivity index (χ0v) is 29.8. The average molecular weight is 739 g/mol. The zero-order valence-electron chi connectivity index (χ0n) is 29.0. The van der Waals surface area contributed by atoms with E-state index in [0.717, 1.165) is 62.4 Å². The molecule has 13 nitrogen and oxygen atoms in total. The quantitative estimate of drug-likeness (QED) is 0.292. The van der Waals surface area contributed by atoms with Gasteiger partial charge < -0.3 is 19.7 Å². The van der Waals surface area contributed by atoms with Gasteiger partial charge in [-0.2, -0.15) is 5.26 Å². The normalized spacial score (nSPS) is 21.8. The van der Waals surface area contributed by atoms with Gasteiger partial charge in [0.15, 0.2) is 0 Å². The molecule has 1 atom stereocenters. The molecule has 3 aromatic rings. The van der Waals surface area contributed by atoms with Crippen molar-refractivity contribution >= 4 is 46.8 Å². The van der Waals surface area contributed by atoms with Crippen LogP contribution in [0.15, 0.2) is 60.7 Å². The molecule has 14 heteroatoms. The van der Waals surface area contributed by atoms with E-state index in [1.807, 2.05) is 30.3 Å². The fourth-order valence-electron chi connectivity index (χ4n) is 7.33. The van der Waals surface area contributed by atoms with E-state index in [1.165, 1.54) is 0 Å². The highest BCUT2D eigenvalue weighted by molar-refractivity contribution is 6.31. The smallest absolute Gasteiger partial charge is 0.262 e. The number of piperidine rings is 1. The number of fused-ring (bicyclic) bond motifs is 1. The van der Waals surface area contributed by atoms with E-state index in [9.17, 15) is 24.0 Å². The molecule has 0 aromatic heterocycles. The Bertz CT molecular complexity index is 1970. The van der Waals surface area contributed by atoms with Crippen LogP contribution < -0.4 is 25.0 Å². The van der Waals surface area contributed by atoms with Crippen molar-refractivity contribution in [3.63, 3.8) is 0 Å². The molecule has 5 amide bonds. The van der Waals surface area contributed by atoms with E-state index >= 15 is 0 Å². The van der Waals surface area contributed by atoms with Gasteiger partial charge in [0, 0.05) is 62.5 Å². The number of benzene rings is 3. The number of rotatable bonds is 10. The number of carbonyl (C=O) groups is 5. The first-order valence-electron chi connectivity index (χ1n) is 17.9. The minimum Gasteiger partial charge on any atom is -0.492 e. The summed E-state index contributed by atoms with van der Waals surface area (Å²) in [4.78, 5) is 68.5. The molecule has 0 bridgehead atoms. The Labute approximate surface area is 311 Å². The summed E-state index contributed by atoms with van der Waals surface area (Å²) in [7, 11) is 0. The first-order chi connectivity index (χ1) is 25.7. The number of ether oxygens (including phenoxy) is 2. The van der Waals surface area contributed by atoms with E-state index < -0.39 is 29.7 Å². The fraction of sp³-hybridized carbons (Fsp3) is 0.385. The molecule has 2 saturated heterocycles. The Hall–Kier alpha value is -5.45. The second kappa shape index (κ2) is 15.7. The summed E-state index contributed by atoms with van der Waals surface area (Å²) in [6.45, 7) is 4.36. The first-order valence-corrected chi connectivity index (χ1v) is 18.3. The summed E-state index contributed by atoms with van der Waals surface area (Å²) in [5, 5.41) is 14.8. The predicted octanol–water partition coefficient (Wildman–Crippen LogP) is 3.93. The number of amides is 5. The molecule has 274 valence electrons. The van der Waals surface area contributed by atoms with Gasteiger partial charge in [0.05, 0.1) is 27.8 Å². The van der Waals surface area contributed by atoms with E-state index in [0.29, 0.717) is 40.8 Å². The van der Waals surface area contributed by atoms with Crippen LogP contribution in [-0.2, 0) is 9.59 Å². The summed E-state index contributed by atoms with van der Waals surface area (Å²) in [5.74, 6) is -1.14. The molecular formula is C39H39ClN6O7. The molecule has 7 rings (SSSR count). The molecule has 0 radical (unpaired) electrons. The van der Waals surface area contributed by atoms with Gasteiger partial charge in [-0.1, -0.05) is 11.6 Å². The molecular weight excluding hydrogens is 700 g/mol. The number of anilines is 1. The summed E-state index contributed by atoms with van der Waals surface area (Å²) in [6.07, 6.45) is 3.45. The number of hydrogen-bond acceptors (Lipinski definition) is 10. The Morgan fingerprint density at radius 1 is 0.868 bits per heavy atom. The van der Waals surface area contributed by atoms with E-state index in [2.05, 4.69) is 20.4 Å². The summed E-state index contributed by atoms with van der Waals surface area (Å²) in [5.41, 5.74) is 2.50. The first kappa shape index (κ1) is 35.9. The van der Waals surface area contributed by atoms with Crippen LogP contribution >= 0.6 is 11.6 Å². The predicted molar refractivity (Wildman–Crippen MR) is 194 cm³/mol. The van der Waals surface area contributed by atoms with Gasteiger partial charge in [-0.3, -0.25) is 39.1 Å². The van der Waals surface area contributed by atoms with Crippen LogP contribution in [0.25, 0.3) is 0 Å². The van der Waals surface area contributed by atoms with Gasteiger partial charge in [0.1, 0.15) is 30.2 Å². The van der Waals surface area contributed by atoms with Crippen LogP contribution in [0.4, 0.5) is 5.69 Å². The molecule has 3 aliphatic heterocycles. The third-order valence-electron chi connectivity index (χ3n) is 10.3. The topological polar surface area (TPSA) is 161 Å². The van der Waals surface area contributed by atoms with Gasteiger partial charge in [-0.15, -0.1) is 0 Å². The summed E-state index contributed by atoms with van der Waals surface area (Å²) >= 11 is 6.14. The van der Waals surface area contributed by atoms with Crippen LogP contribution in [0.5, 0.6) is 11.5 Å². The van der Waals surface area contributed by atoms with Crippen molar-refractivity contribution in [2.75, 3.05) is 44.2 Å². The Kier molecular flexibility index (Phi) is 10.6. The largest absolute Gasteiger partial charge is 0.492 e. The molecule has 0 spiro atoms. The maximum atomic E-state index is 13.1. The number of imide groups is 2. The van der Waals surface area contributed by atoms with Gasteiger partial charge in [0.25, 0.3) is 17.7 Å². The molecule has 3 fully saturated rings. The minimum atomic E-state index is -1.01. The van der Waals surface area contributed by atoms with Crippen LogP contribution in [0, 0.1) is 11.3 Å². The van der Waals surface area contributed by atoms with Crippen molar-refractivity contribution in [3.8, 4) is 17.6 Å². The molecule has 3 aromatic carbocycles. The second-order valence-corrected chi connectivity index (χ2v) is 14.1. The molecule has 53 heavy (non-hydrogen) atoms. The monoisotopic (exact) mass is 738 g/mol. The molecule has 1 saturated carbocycles.